The van der Waals surface area contributed by atoms with Gasteiger partial charge in [-0.15, -0.1) is 0 Å². The molecule has 1 aliphatic rings. The van der Waals surface area contributed by atoms with E-state index in [-0.39, 0.29) is 19.0 Å². The SMILES string of the molecule is CSCC1CC(F)(F)CN1. The average Bonchev–Trinajstić information content (AvgIpc) is 2.12. The van der Waals surface area contributed by atoms with Gasteiger partial charge >= 0.3 is 0 Å². The number of thioether (sulfide) groups is 1. The fourth-order valence-corrected chi connectivity index (χ4v) is 1.76. The van der Waals surface area contributed by atoms with Crippen molar-refractivity contribution in [2.45, 2.75) is 18.4 Å². The molecule has 1 saturated heterocycles. The summed E-state index contributed by atoms with van der Waals surface area (Å²) in [5.41, 5.74) is 0. The zero-order chi connectivity index (χ0) is 7.61. The zero-order valence-electron chi connectivity index (χ0n) is 5.86. The van der Waals surface area contributed by atoms with Crippen LogP contribution in [0.1, 0.15) is 6.42 Å². The molecule has 1 rings (SSSR count). The van der Waals surface area contributed by atoms with Crippen LogP contribution in [0.4, 0.5) is 8.78 Å². The van der Waals surface area contributed by atoms with Crippen molar-refractivity contribution in [3.8, 4) is 0 Å². The largest absolute Gasteiger partial charge is 0.307 e. The molecule has 60 valence electrons. The molecular formula is C6H11F2NS. The Labute approximate surface area is 63.6 Å². The molecule has 0 aromatic rings. The maximum Gasteiger partial charge on any atom is 0.261 e. The number of alkyl halides is 2. The van der Waals surface area contributed by atoms with Gasteiger partial charge in [-0.1, -0.05) is 0 Å². The summed E-state index contributed by atoms with van der Waals surface area (Å²) < 4.78 is 24.9. The van der Waals surface area contributed by atoms with Crippen molar-refractivity contribution >= 4 is 11.8 Å². The average molecular weight is 167 g/mol. The van der Waals surface area contributed by atoms with E-state index in [0.717, 1.165) is 5.75 Å². The predicted molar refractivity (Wildman–Crippen MR) is 39.7 cm³/mol. The lowest BCUT2D eigenvalue weighted by Gasteiger charge is -2.06. The van der Waals surface area contributed by atoms with Gasteiger partial charge in [0, 0.05) is 18.2 Å². The van der Waals surface area contributed by atoms with Crippen molar-refractivity contribution in [1.29, 1.82) is 0 Å². The zero-order valence-corrected chi connectivity index (χ0v) is 6.68. The lowest BCUT2D eigenvalue weighted by atomic mass is 10.2. The molecule has 1 heterocycles. The molecule has 4 heteroatoms. The molecule has 0 saturated carbocycles. The first kappa shape index (κ1) is 8.27. The highest BCUT2D eigenvalue weighted by Gasteiger charge is 2.38. The molecule has 0 aromatic heterocycles. The second-order valence-corrected chi connectivity index (χ2v) is 3.50. The quantitative estimate of drug-likeness (QED) is 0.666. The minimum absolute atomic E-state index is 0.00778. The van der Waals surface area contributed by atoms with Crippen molar-refractivity contribution in [3.05, 3.63) is 0 Å². The lowest BCUT2D eigenvalue weighted by molar-refractivity contribution is 0.0217. The Bertz CT molecular complexity index is 118. The van der Waals surface area contributed by atoms with Crippen LogP contribution in [0.5, 0.6) is 0 Å². The second kappa shape index (κ2) is 3.05. The molecule has 0 aromatic carbocycles. The Hall–Kier alpha value is 0.170. The standard InChI is InChI=1S/C6H11F2NS/c1-10-3-5-2-6(7,8)4-9-5/h5,9H,2-4H2,1H3. The Morgan fingerprint density at radius 2 is 2.40 bits per heavy atom. The van der Waals surface area contributed by atoms with Crippen molar-refractivity contribution in [1.82, 2.24) is 5.32 Å². The molecule has 1 aliphatic heterocycles. The van der Waals surface area contributed by atoms with E-state index in [1.807, 2.05) is 6.26 Å². The van der Waals surface area contributed by atoms with Crippen LogP contribution in [-0.2, 0) is 0 Å². The maximum absolute atomic E-state index is 12.4. The van der Waals surface area contributed by atoms with Crippen molar-refractivity contribution in [2.24, 2.45) is 0 Å². The highest BCUT2D eigenvalue weighted by Crippen LogP contribution is 2.26. The Balaban J connectivity index is 2.29. The first-order valence-electron chi connectivity index (χ1n) is 3.24. The summed E-state index contributed by atoms with van der Waals surface area (Å²) in [5, 5.41) is 2.78. The normalized spacial score (nSPS) is 30.9. The predicted octanol–water partition coefficient (Wildman–Crippen LogP) is 1.35. The highest BCUT2D eigenvalue weighted by atomic mass is 32.2. The fourth-order valence-electron chi connectivity index (χ4n) is 1.12. The number of halogens is 2. The molecule has 0 spiro atoms. The van der Waals surface area contributed by atoms with Gasteiger partial charge in [0.05, 0.1) is 6.54 Å². The van der Waals surface area contributed by atoms with Crippen molar-refractivity contribution in [2.75, 3.05) is 18.6 Å². The highest BCUT2D eigenvalue weighted by molar-refractivity contribution is 7.98. The molecule has 0 aliphatic carbocycles. The van der Waals surface area contributed by atoms with Crippen molar-refractivity contribution in [3.63, 3.8) is 0 Å². The molecule has 1 nitrogen and oxygen atoms in total. The van der Waals surface area contributed by atoms with E-state index in [9.17, 15) is 8.78 Å². The number of hydrogen-bond acceptors (Lipinski definition) is 2. The van der Waals surface area contributed by atoms with E-state index in [4.69, 9.17) is 0 Å². The van der Waals surface area contributed by atoms with E-state index in [1.54, 1.807) is 11.8 Å². The molecule has 10 heavy (non-hydrogen) atoms. The van der Waals surface area contributed by atoms with Gasteiger partial charge in [-0.25, -0.2) is 8.78 Å². The summed E-state index contributed by atoms with van der Waals surface area (Å²) >= 11 is 1.60. The van der Waals surface area contributed by atoms with Gasteiger partial charge in [0.2, 0.25) is 0 Å². The van der Waals surface area contributed by atoms with Gasteiger partial charge in [-0.3, -0.25) is 0 Å². The Kier molecular flexibility index (Phi) is 2.52. The monoisotopic (exact) mass is 167 g/mol. The van der Waals surface area contributed by atoms with Gasteiger partial charge in [0.1, 0.15) is 0 Å². The third-order valence-electron chi connectivity index (χ3n) is 1.56. The van der Waals surface area contributed by atoms with Crippen LogP contribution in [-0.4, -0.2) is 30.5 Å². The molecule has 1 unspecified atom stereocenters. The van der Waals surface area contributed by atoms with Gasteiger partial charge in [-0.2, -0.15) is 11.8 Å². The molecule has 0 amide bonds. The van der Waals surface area contributed by atoms with Crippen LogP contribution in [0.25, 0.3) is 0 Å². The topological polar surface area (TPSA) is 12.0 Å². The van der Waals surface area contributed by atoms with E-state index >= 15 is 0 Å². The van der Waals surface area contributed by atoms with Crippen molar-refractivity contribution < 1.29 is 8.78 Å². The van der Waals surface area contributed by atoms with Crippen LogP contribution in [0.15, 0.2) is 0 Å². The van der Waals surface area contributed by atoms with E-state index < -0.39 is 5.92 Å². The molecular weight excluding hydrogens is 156 g/mol. The molecule has 0 radical (unpaired) electrons. The minimum atomic E-state index is -2.46. The van der Waals surface area contributed by atoms with E-state index in [2.05, 4.69) is 5.32 Å². The fraction of sp³-hybridized carbons (Fsp3) is 1.00. The number of nitrogens with one attached hydrogen (secondary N) is 1. The Morgan fingerprint density at radius 1 is 1.70 bits per heavy atom. The first-order chi connectivity index (χ1) is 4.64. The van der Waals surface area contributed by atoms with Crippen LogP contribution in [0.2, 0.25) is 0 Å². The molecule has 0 bridgehead atoms. The Morgan fingerprint density at radius 3 is 2.80 bits per heavy atom. The first-order valence-corrected chi connectivity index (χ1v) is 4.63. The summed E-state index contributed by atoms with van der Waals surface area (Å²) in [6, 6.07) is 0.0185. The smallest absolute Gasteiger partial charge is 0.261 e. The second-order valence-electron chi connectivity index (χ2n) is 2.59. The summed E-state index contributed by atoms with van der Waals surface area (Å²) in [4.78, 5) is 0. The van der Waals surface area contributed by atoms with E-state index in [0.29, 0.717) is 0 Å². The third-order valence-corrected chi connectivity index (χ3v) is 2.30. The molecule has 1 N–H and O–H groups in total. The molecule has 1 fully saturated rings. The summed E-state index contributed by atoms with van der Waals surface area (Å²) in [6.07, 6.45) is 1.94. The van der Waals surface area contributed by atoms with Gasteiger partial charge < -0.3 is 5.32 Å². The van der Waals surface area contributed by atoms with Crippen LogP contribution in [0, 0.1) is 0 Å². The van der Waals surface area contributed by atoms with Gasteiger partial charge in [0.25, 0.3) is 5.92 Å². The lowest BCUT2D eigenvalue weighted by Crippen LogP contribution is -2.23. The minimum Gasteiger partial charge on any atom is -0.307 e. The third kappa shape index (κ3) is 2.09. The summed E-state index contributed by atoms with van der Waals surface area (Å²) in [7, 11) is 0. The number of hydrogen-bond donors (Lipinski definition) is 1. The van der Waals surface area contributed by atoms with Gasteiger partial charge in [-0.05, 0) is 6.26 Å². The maximum atomic E-state index is 12.4. The number of rotatable bonds is 2. The van der Waals surface area contributed by atoms with Crippen LogP contribution >= 0.6 is 11.8 Å². The summed E-state index contributed by atoms with van der Waals surface area (Å²) in [5.74, 6) is -1.67. The van der Waals surface area contributed by atoms with Gasteiger partial charge in [0.15, 0.2) is 0 Å². The molecule has 1 atom stereocenters. The van der Waals surface area contributed by atoms with Crippen LogP contribution in [0.3, 0.4) is 0 Å². The van der Waals surface area contributed by atoms with E-state index in [1.165, 1.54) is 0 Å². The summed E-state index contributed by atoms with van der Waals surface area (Å²) in [6.45, 7) is -0.141. The van der Waals surface area contributed by atoms with Crippen LogP contribution < -0.4 is 5.32 Å².